The van der Waals surface area contributed by atoms with Crippen molar-refractivity contribution in [2.75, 3.05) is 32.7 Å². The zero-order chi connectivity index (χ0) is 24.1. The number of carbonyl (C=O) groups is 4. The molecule has 4 atom stereocenters. The van der Waals surface area contributed by atoms with E-state index in [0.717, 1.165) is 19.5 Å². The van der Waals surface area contributed by atoms with Crippen LogP contribution in [0.2, 0.25) is 0 Å². The second-order valence-electron chi connectivity index (χ2n) is 10.3. The fourth-order valence-electron chi connectivity index (χ4n) is 4.78. The Bertz CT molecular complexity index is 702. The minimum Gasteiger partial charge on any atom is -0.444 e. The lowest BCUT2D eigenvalue weighted by atomic mass is 9.88. The van der Waals surface area contributed by atoms with Gasteiger partial charge >= 0.3 is 6.09 Å². The predicted molar refractivity (Wildman–Crippen MR) is 122 cm³/mol. The van der Waals surface area contributed by atoms with Crippen molar-refractivity contribution in [2.24, 2.45) is 11.8 Å². The number of hydrogen-bond donors (Lipinski definition) is 1. The van der Waals surface area contributed by atoms with Crippen LogP contribution in [0.1, 0.15) is 67.2 Å². The summed E-state index contributed by atoms with van der Waals surface area (Å²) in [5, 5.41) is 3.34. The molecule has 3 aliphatic heterocycles. The van der Waals surface area contributed by atoms with E-state index < -0.39 is 17.6 Å². The minimum atomic E-state index is -0.684. The Hall–Kier alpha value is -1.80. The summed E-state index contributed by atoms with van der Waals surface area (Å²) in [7, 11) is 0. The highest BCUT2D eigenvalue weighted by atomic mass is 16.6. The van der Waals surface area contributed by atoms with Crippen LogP contribution in [0.15, 0.2) is 0 Å². The maximum atomic E-state index is 11.8. The molecule has 0 aromatic rings. The molecule has 0 radical (unpaired) electrons. The zero-order valence-corrected chi connectivity index (χ0v) is 20.6. The third-order valence-electron chi connectivity index (χ3n) is 6.56. The Labute approximate surface area is 192 Å². The number of nitrogens with zero attached hydrogens (tertiary/aromatic N) is 2. The molecule has 3 fully saturated rings. The number of Topliss-reactive ketones (excluding diaryl/α,β-unsaturated/α-hetero) is 3. The summed E-state index contributed by atoms with van der Waals surface area (Å²) in [5.41, 5.74) is -0.565. The van der Waals surface area contributed by atoms with Crippen molar-refractivity contribution in [1.29, 1.82) is 0 Å². The Morgan fingerprint density at radius 3 is 2.28 bits per heavy atom. The highest BCUT2D eigenvalue weighted by Gasteiger charge is 2.37. The van der Waals surface area contributed by atoms with Crippen LogP contribution in [-0.4, -0.2) is 83.7 Å². The summed E-state index contributed by atoms with van der Waals surface area (Å²) in [4.78, 5) is 50.1. The van der Waals surface area contributed by atoms with E-state index >= 15 is 0 Å². The quantitative estimate of drug-likeness (QED) is 0.659. The average Bonchev–Trinajstić information content (AvgIpc) is 3.13. The molecule has 182 valence electrons. The number of ketones is 3. The van der Waals surface area contributed by atoms with Gasteiger partial charge in [0.2, 0.25) is 0 Å². The minimum absolute atomic E-state index is 0.0858. The molecular weight excluding hydrogens is 410 g/mol. The van der Waals surface area contributed by atoms with Crippen molar-refractivity contribution in [2.45, 2.75) is 84.9 Å². The molecule has 3 heterocycles. The SMILES string of the molecule is CC(=O)C1CN(C(=O)OC(C)(C)C)CCC1=O.CC(=O)C1CNCCC1N1CCC[C@H]1C. The monoisotopic (exact) mass is 451 g/mol. The number of rotatable bonds is 3. The summed E-state index contributed by atoms with van der Waals surface area (Å²) in [6.45, 7) is 14.4. The van der Waals surface area contributed by atoms with E-state index in [4.69, 9.17) is 4.74 Å². The number of carbonyl (C=O) groups excluding carboxylic acids is 4. The summed E-state index contributed by atoms with van der Waals surface area (Å²) in [6.07, 6.45) is 3.50. The molecule has 8 heteroatoms. The maximum absolute atomic E-state index is 11.8. The fraction of sp³-hybridized carbons (Fsp3) is 0.833. The molecule has 8 nitrogen and oxygen atoms in total. The third-order valence-corrected chi connectivity index (χ3v) is 6.56. The predicted octanol–water partition coefficient (Wildman–Crippen LogP) is 2.44. The smallest absolute Gasteiger partial charge is 0.410 e. The van der Waals surface area contributed by atoms with Crippen LogP contribution in [-0.2, 0) is 19.1 Å². The largest absolute Gasteiger partial charge is 0.444 e. The molecule has 0 saturated carbocycles. The van der Waals surface area contributed by atoms with Crippen LogP contribution in [0.3, 0.4) is 0 Å². The lowest BCUT2D eigenvalue weighted by Crippen LogP contribution is -2.52. The van der Waals surface area contributed by atoms with Gasteiger partial charge in [0.25, 0.3) is 0 Å². The Morgan fingerprint density at radius 1 is 1.06 bits per heavy atom. The molecule has 3 saturated heterocycles. The lowest BCUT2D eigenvalue weighted by molar-refractivity contribution is -0.134. The lowest BCUT2D eigenvalue weighted by Gasteiger charge is -2.39. The van der Waals surface area contributed by atoms with Gasteiger partial charge in [-0.15, -0.1) is 0 Å². The molecule has 0 aromatic carbocycles. The van der Waals surface area contributed by atoms with Gasteiger partial charge < -0.3 is 15.0 Å². The third kappa shape index (κ3) is 7.37. The summed E-state index contributed by atoms with van der Waals surface area (Å²) in [5.74, 6) is -0.387. The highest BCUT2D eigenvalue weighted by Crippen LogP contribution is 2.27. The molecule has 1 amide bonds. The van der Waals surface area contributed by atoms with Gasteiger partial charge in [0.1, 0.15) is 23.0 Å². The van der Waals surface area contributed by atoms with Gasteiger partial charge in [0, 0.05) is 44.1 Å². The normalized spacial score (nSPS) is 29.2. The molecule has 3 unspecified atom stereocenters. The van der Waals surface area contributed by atoms with Crippen molar-refractivity contribution in [3.05, 3.63) is 0 Å². The first-order valence-electron chi connectivity index (χ1n) is 11.9. The number of piperidine rings is 2. The first-order valence-corrected chi connectivity index (χ1v) is 11.9. The fourth-order valence-corrected chi connectivity index (χ4v) is 4.78. The van der Waals surface area contributed by atoms with Crippen LogP contribution < -0.4 is 5.32 Å². The summed E-state index contributed by atoms with van der Waals surface area (Å²) < 4.78 is 5.20. The summed E-state index contributed by atoms with van der Waals surface area (Å²) >= 11 is 0. The number of hydrogen-bond acceptors (Lipinski definition) is 7. The molecule has 0 bridgehead atoms. The van der Waals surface area contributed by atoms with Crippen LogP contribution in [0.25, 0.3) is 0 Å². The second kappa shape index (κ2) is 11.4. The van der Waals surface area contributed by atoms with Gasteiger partial charge in [-0.3, -0.25) is 19.3 Å². The zero-order valence-electron chi connectivity index (χ0n) is 20.6. The topological polar surface area (TPSA) is 96.0 Å². The van der Waals surface area contributed by atoms with E-state index in [9.17, 15) is 19.2 Å². The molecular formula is C24H41N3O5. The van der Waals surface area contributed by atoms with Crippen LogP contribution in [0.4, 0.5) is 4.79 Å². The van der Waals surface area contributed by atoms with Crippen molar-refractivity contribution in [1.82, 2.24) is 15.1 Å². The highest BCUT2D eigenvalue weighted by molar-refractivity contribution is 6.02. The van der Waals surface area contributed by atoms with Crippen molar-refractivity contribution >= 4 is 23.4 Å². The van der Waals surface area contributed by atoms with E-state index in [1.165, 1.54) is 31.2 Å². The second-order valence-corrected chi connectivity index (χ2v) is 10.3. The first-order chi connectivity index (χ1) is 14.9. The van der Waals surface area contributed by atoms with Gasteiger partial charge in [0.15, 0.2) is 0 Å². The Kier molecular flexibility index (Phi) is 9.40. The summed E-state index contributed by atoms with van der Waals surface area (Å²) in [6, 6.07) is 1.18. The molecule has 0 aliphatic carbocycles. The molecule has 0 spiro atoms. The van der Waals surface area contributed by atoms with E-state index in [2.05, 4.69) is 17.1 Å². The molecule has 1 N–H and O–H groups in total. The van der Waals surface area contributed by atoms with Crippen molar-refractivity contribution in [3.8, 4) is 0 Å². The van der Waals surface area contributed by atoms with Gasteiger partial charge in [-0.1, -0.05) is 0 Å². The Morgan fingerprint density at radius 2 is 1.75 bits per heavy atom. The number of amides is 1. The van der Waals surface area contributed by atoms with E-state index in [-0.39, 0.29) is 30.4 Å². The van der Waals surface area contributed by atoms with E-state index in [1.807, 2.05) is 0 Å². The molecule has 0 aromatic heterocycles. The van der Waals surface area contributed by atoms with Gasteiger partial charge in [0.05, 0.1) is 5.92 Å². The number of likely N-dealkylation sites (tertiary alicyclic amines) is 2. The first kappa shape index (κ1) is 26.5. The Balaban J connectivity index is 0.000000228. The van der Waals surface area contributed by atoms with Crippen LogP contribution in [0.5, 0.6) is 0 Å². The van der Waals surface area contributed by atoms with Crippen LogP contribution in [0, 0.1) is 11.8 Å². The van der Waals surface area contributed by atoms with Gasteiger partial charge in [-0.25, -0.2) is 4.79 Å². The molecule has 3 rings (SSSR count). The average molecular weight is 452 g/mol. The van der Waals surface area contributed by atoms with Crippen molar-refractivity contribution < 1.29 is 23.9 Å². The number of nitrogens with one attached hydrogen (secondary N) is 1. The molecule has 32 heavy (non-hydrogen) atoms. The van der Waals surface area contributed by atoms with Gasteiger partial charge in [-0.2, -0.15) is 0 Å². The maximum Gasteiger partial charge on any atom is 0.410 e. The van der Waals surface area contributed by atoms with E-state index in [1.54, 1.807) is 27.7 Å². The van der Waals surface area contributed by atoms with Crippen molar-refractivity contribution in [3.63, 3.8) is 0 Å². The standard InChI is InChI=1S/C12H22N2O.C12H19NO4/c1-9-4-3-7-14(9)12-5-6-13-8-11(12)10(2)15;1-8(14)9-7-13(6-5-10(9)15)11(16)17-12(2,3)4/h9,11-13H,3-8H2,1-2H3;9H,5-7H2,1-4H3/t9-,11?,12?;/m1./s1. The number of ether oxygens (including phenoxy) is 1. The van der Waals surface area contributed by atoms with E-state index in [0.29, 0.717) is 24.4 Å². The van der Waals surface area contributed by atoms with Gasteiger partial charge in [-0.05, 0) is 73.9 Å². The molecule has 3 aliphatic rings. The van der Waals surface area contributed by atoms with Crippen LogP contribution >= 0.6 is 0 Å².